The lowest BCUT2D eigenvalue weighted by molar-refractivity contribution is 0.0559. The number of amides is 1. The van der Waals surface area contributed by atoms with E-state index < -0.39 is 0 Å². The lowest BCUT2D eigenvalue weighted by atomic mass is 9.83. The molecule has 0 bridgehead atoms. The Morgan fingerprint density at radius 3 is 2.85 bits per heavy atom. The van der Waals surface area contributed by atoms with Crippen molar-refractivity contribution in [2.45, 2.75) is 45.6 Å². The van der Waals surface area contributed by atoms with Crippen LogP contribution >= 0.6 is 0 Å². The Labute approximate surface area is 121 Å². The van der Waals surface area contributed by atoms with Crippen molar-refractivity contribution in [3.8, 4) is 0 Å². The second-order valence-electron chi connectivity index (χ2n) is 5.58. The first-order chi connectivity index (χ1) is 9.69. The largest absolute Gasteiger partial charge is 0.336 e. The van der Waals surface area contributed by atoms with E-state index in [1.165, 1.54) is 12.8 Å². The maximum absolute atomic E-state index is 12.8. The molecule has 110 valence electrons. The SMILES string of the molecule is CCN(C(=O)c1cccnc1C)C1CCCCC1CN. The number of carbonyl (C=O) groups excluding carboxylic acids is 1. The summed E-state index contributed by atoms with van der Waals surface area (Å²) in [7, 11) is 0. The minimum absolute atomic E-state index is 0.100. The fourth-order valence-corrected chi connectivity index (χ4v) is 3.27. The van der Waals surface area contributed by atoms with Gasteiger partial charge in [0, 0.05) is 24.5 Å². The van der Waals surface area contributed by atoms with Crippen molar-refractivity contribution in [3.05, 3.63) is 29.6 Å². The molecule has 4 heteroatoms. The molecule has 2 N–H and O–H groups in total. The second-order valence-corrected chi connectivity index (χ2v) is 5.58. The number of carbonyl (C=O) groups is 1. The predicted octanol–water partition coefficient (Wildman–Crippen LogP) is 2.37. The second kappa shape index (κ2) is 6.84. The van der Waals surface area contributed by atoms with Gasteiger partial charge in [-0.3, -0.25) is 9.78 Å². The van der Waals surface area contributed by atoms with Crippen molar-refractivity contribution in [1.29, 1.82) is 0 Å². The maximum Gasteiger partial charge on any atom is 0.255 e. The van der Waals surface area contributed by atoms with Gasteiger partial charge in [0.15, 0.2) is 0 Å². The zero-order valence-electron chi connectivity index (χ0n) is 12.5. The van der Waals surface area contributed by atoms with E-state index in [4.69, 9.17) is 5.73 Å². The lowest BCUT2D eigenvalue weighted by Gasteiger charge is -2.39. The third kappa shape index (κ3) is 3.01. The standard InChI is InChI=1S/C16H25N3O/c1-3-19(15-9-5-4-7-13(15)11-17)16(20)14-8-6-10-18-12(14)2/h6,8,10,13,15H,3-5,7,9,11,17H2,1-2H3. The first kappa shape index (κ1) is 15.0. The molecule has 0 radical (unpaired) electrons. The van der Waals surface area contributed by atoms with Crippen LogP contribution in [0.5, 0.6) is 0 Å². The Morgan fingerprint density at radius 1 is 1.45 bits per heavy atom. The fourth-order valence-electron chi connectivity index (χ4n) is 3.27. The van der Waals surface area contributed by atoms with Crippen molar-refractivity contribution in [1.82, 2.24) is 9.88 Å². The van der Waals surface area contributed by atoms with Crippen LogP contribution < -0.4 is 5.73 Å². The Morgan fingerprint density at radius 2 is 2.20 bits per heavy atom. The molecule has 1 aliphatic carbocycles. The molecule has 1 amide bonds. The lowest BCUT2D eigenvalue weighted by Crippen LogP contribution is -2.48. The van der Waals surface area contributed by atoms with Gasteiger partial charge in [0.1, 0.15) is 0 Å². The summed E-state index contributed by atoms with van der Waals surface area (Å²) in [6.07, 6.45) is 6.36. The molecule has 1 fully saturated rings. The summed E-state index contributed by atoms with van der Waals surface area (Å²) in [5.74, 6) is 0.535. The van der Waals surface area contributed by atoms with Crippen LogP contribution in [0.4, 0.5) is 0 Å². The molecule has 2 rings (SSSR count). The molecule has 0 aliphatic heterocycles. The van der Waals surface area contributed by atoms with E-state index in [1.54, 1.807) is 6.20 Å². The minimum atomic E-state index is 0.100. The Balaban J connectivity index is 2.23. The van der Waals surface area contributed by atoms with Gasteiger partial charge in [-0.25, -0.2) is 0 Å². The summed E-state index contributed by atoms with van der Waals surface area (Å²) in [5.41, 5.74) is 7.42. The summed E-state index contributed by atoms with van der Waals surface area (Å²) >= 11 is 0. The van der Waals surface area contributed by atoms with Crippen LogP contribution in [0.25, 0.3) is 0 Å². The number of nitrogens with zero attached hydrogens (tertiary/aromatic N) is 2. The van der Waals surface area contributed by atoms with E-state index in [-0.39, 0.29) is 11.9 Å². The molecule has 20 heavy (non-hydrogen) atoms. The average Bonchev–Trinajstić information content (AvgIpc) is 2.49. The number of aryl methyl sites for hydroxylation is 1. The van der Waals surface area contributed by atoms with Crippen LogP contribution in [-0.2, 0) is 0 Å². The first-order valence-electron chi connectivity index (χ1n) is 7.61. The highest BCUT2D eigenvalue weighted by atomic mass is 16.2. The fraction of sp³-hybridized carbons (Fsp3) is 0.625. The predicted molar refractivity (Wildman–Crippen MR) is 80.5 cm³/mol. The molecule has 2 unspecified atom stereocenters. The van der Waals surface area contributed by atoms with Crippen LogP contribution in [0.2, 0.25) is 0 Å². The number of rotatable bonds is 4. The van der Waals surface area contributed by atoms with Crippen LogP contribution in [0, 0.1) is 12.8 Å². The highest BCUT2D eigenvalue weighted by Gasteiger charge is 2.32. The normalized spacial score (nSPS) is 22.6. The van der Waals surface area contributed by atoms with E-state index in [0.29, 0.717) is 12.5 Å². The van der Waals surface area contributed by atoms with E-state index in [0.717, 1.165) is 30.6 Å². The molecule has 4 nitrogen and oxygen atoms in total. The van der Waals surface area contributed by atoms with Crippen molar-refractivity contribution < 1.29 is 4.79 Å². The summed E-state index contributed by atoms with van der Waals surface area (Å²) in [4.78, 5) is 19.0. The Kier molecular flexibility index (Phi) is 5.12. The van der Waals surface area contributed by atoms with Gasteiger partial charge in [0.05, 0.1) is 5.56 Å². The van der Waals surface area contributed by atoms with E-state index in [2.05, 4.69) is 4.98 Å². The molecular formula is C16H25N3O. The zero-order valence-corrected chi connectivity index (χ0v) is 12.5. The molecule has 1 saturated carbocycles. The minimum Gasteiger partial charge on any atom is -0.336 e. The van der Waals surface area contributed by atoms with Gasteiger partial charge in [-0.1, -0.05) is 12.8 Å². The molecule has 0 aromatic carbocycles. The molecule has 2 atom stereocenters. The highest BCUT2D eigenvalue weighted by molar-refractivity contribution is 5.95. The average molecular weight is 275 g/mol. The summed E-state index contributed by atoms with van der Waals surface area (Å²) in [6, 6.07) is 3.98. The van der Waals surface area contributed by atoms with Gasteiger partial charge in [-0.15, -0.1) is 0 Å². The topological polar surface area (TPSA) is 59.2 Å². The van der Waals surface area contributed by atoms with Gasteiger partial charge in [-0.2, -0.15) is 0 Å². The third-order valence-corrected chi connectivity index (χ3v) is 4.41. The molecule has 1 aliphatic rings. The number of hydrogen-bond acceptors (Lipinski definition) is 3. The maximum atomic E-state index is 12.8. The van der Waals surface area contributed by atoms with Gasteiger partial charge >= 0.3 is 0 Å². The van der Waals surface area contributed by atoms with E-state index >= 15 is 0 Å². The highest BCUT2D eigenvalue weighted by Crippen LogP contribution is 2.29. The Hall–Kier alpha value is -1.42. The smallest absolute Gasteiger partial charge is 0.255 e. The van der Waals surface area contributed by atoms with Crippen molar-refractivity contribution in [3.63, 3.8) is 0 Å². The molecule has 1 aromatic heterocycles. The molecule has 1 heterocycles. The van der Waals surface area contributed by atoms with Gasteiger partial charge in [0.25, 0.3) is 5.91 Å². The first-order valence-corrected chi connectivity index (χ1v) is 7.61. The van der Waals surface area contributed by atoms with E-state index in [9.17, 15) is 4.79 Å². The quantitative estimate of drug-likeness (QED) is 0.917. The summed E-state index contributed by atoms with van der Waals surface area (Å²) in [6.45, 7) is 5.34. The van der Waals surface area contributed by atoms with Gasteiger partial charge in [0.2, 0.25) is 0 Å². The number of pyridine rings is 1. The molecule has 1 aromatic rings. The monoisotopic (exact) mass is 275 g/mol. The summed E-state index contributed by atoms with van der Waals surface area (Å²) < 4.78 is 0. The van der Waals surface area contributed by atoms with Crippen LogP contribution in [-0.4, -0.2) is 34.9 Å². The van der Waals surface area contributed by atoms with Crippen molar-refractivity contribution in [2.24, 2.45) is 11.7 Å². The van der Waals surface area contributed by atoms with Crippen molar-refractivity contribution in [2.75, 3.05) is 13.1 Å². The molecular weight excluding hydrogens is 250 g/mol. The molecule has 0 spiro atoms. The van der Waals surface area contributed by atoms with Crippen LogP contribution in [0.1, 0.15) is 48.7 Å². The van der Waals surface area contributed by atoms with E-state index in [1.807, 2.05) is 30.9 Å². The van der Waals surface area contributed by atoms with Gasteiger partial charge < -0.3 is 10.6 Å². The Bertz CT molecular complexity index is 461. The van der Waals surface area contributed by atoms with Crippen LogP contribution in [0.15, 0.2) is 18.3 Å². The molecule has 0 saturated heterocycles. The number of aromatic nitrogens is 1. The van der Waals surface area contributed by atoms with Gasteiger partial charge in [-0.05, 0) is 51.3 Å². The number of hydrogen-bond donors (Lipinski definition) is 1. The van der Waals surface area contributed by atoms with Crippen LogP contribution in [0.3, 0.4) is 0 Å². The summed E-state index contributed by atoms with van der Waals surface area (Å²) in [5, 5.41) is 0. The third-order valence-electron chi connectivity index (χ3n) is 4.41. The van der Waals surface area contributed by atoms with Crippen molar-refractivity contribution >= 4 is 5.91 Å². The zero-order chi connectivity index (χ0) is 14.5. The number of nitrogens with two attached hydrogens (primary N) is 1.